The van der Waals surface area contributed by atoms with E-state index < -0.39 is 0 Å². The molecule has 0 radical (unpaired) electrons. The Labute approximate surface area is 94.3 Å². The van der Waals surface area contributed by atoms with Gasteiger partial charge in [-0.25, -0.2) is 0 Å². The first kappa shape index (κ1) is 13.6. The standard InChI is InChI=1S/C11H18BrNO/c1-2-10(4-3-7-14)8-11(9-13)5-6-12/h2,5-6,8,14H,3-4,7,9,13H2,1H3/b6-5+,10-2+,11-8+. The van der Waals surface area contributed by atoms with E-state index in [0.717, 1.165) is 18.4 Å². The Balaban J connectivity index is 4.38. The van der Waals surface area contributed by atoms with E-state index in [1.165, 1.54) is 5.57 Å². The maximum atomic E-state index is 8.71. The highest BCUT2D eigenvalue weighted by atomic mass is 79.9. The fourth-order valence-corrected chi connectivity index (χ4v) is 1.42. The lowest BCUT2D eigenvalue weighted by Crippen LogP contribution is -2.01. The van der Waals surface area contributed by atoms with Gasteiger partial charge in [0, 0.05) is 13.2 Å². The third-order valence-corrected chi connectivity index (χ3v) is 2.14. The van der Waals surface area contributed by atoms with Gasteiger partial charge in [-0.2, -0.15) is 0 Å². The summed E-state index contributed by atoms with van der Waals surface area (Å²) in [4.78, 5) is 1.80. The molecule has 0 aliphatic rings. The summed E-state index contributed by atoms with van der Waals surface area (Å²) in [6, 6.07) is 0. The first-order valence-electron chi connectivity index (χ1n) is 4.72. The zero-order valence-electron chi connectivity index (χ0n) is 8.54. The smallest absolute Gasteiger partial charge is 0.0434 e. The first-order chi connectivity index (χ1) is 6.78. The average molecular weight is 260 g/mol. The lowest BCUT2D eigenvalue weighted by atomic mass is 10.1. The van der Waals surface area contributed by atoms with Crippen LogP contribution in [0, 0.1) is 0 Å². The maximum absolute atomic E-state index is 8.71. The van der Waals surface area contributed by atoms with Gasteiger partial charge in [-0.15, -0.1) is 0 Å². The molecule has 80 valence electrons. The van der Waals surface area contributed by atoms with E-state index in [0.29, 0.717) is 6.54 Å². The Bertz CT molecular complexity index is 231. The Kier molecular flexibility index (Phi) is 8.94. The highest BCUT2D eigenvalue weighted by molar-refractivity contribution is 9.11. The van der Waals surface area contributed by atoms with E-state index in [2.05, 4.69) is 22.0 Å². The van der Waals surface area contributed by atoms with E-state index in [9.17, 15) is 0 Å². The molecule has 0 rings (SSSR count). The molecule has 0 aromatic rings. The van der Waals surface area contributed by atoms with Crippen LogP contribution in [0.25, 0.3) is 0 Å². The summed E-state index contributed by atoms with van der Waals surface area (Å²) in [7, 11) is 0. The van der Waals surface area contributed by atoms with Crippen molar-refractivity contribution in [3.05, 3.63) is 34.4 Å². The van der Waals surface area contributed by atoms with Crippen LogP contribution in [0.4, 0.5) is 0 Å². The molecule has 3 heteroatoms. The minimum Gasteiger partial charge on any atom is -0.396 e. The maximum Gasteiger partial charge on any atom is 0.0434 e. The van der Waals surface area contributed by atoms with Gasteiger partial charge in [0.2, 0.25) is 0 Å². The predicted molar refractivity (Wildman–Crippen MR) is 65.3 cm³/mol. The molecule has 0 atom stereocenters. The van der Waals surface area contributed by atoms with E-state index >= 15 is 0 Å². The number of halogens is 1. The molecule has 0 unspecified atom stereocenters. The van der Waals surface area contributed by atoms with Crippen molar-refractivity contribution >= 4 is 15.9 Å². The monoisotopic (exact) mass is 259 g/mol. The van der Waals surface area contributed by atoms with Gasteiger partial charge in [0.1, 0.15) is 0 Å². The Morgan fingerprint density at radius 2 is 2.14 bits per heavy atom. The molecular weight excluding hydrogens is 242 g/mol. The van der Waals surface area contributed by atoms with Crippen molar-refractivity contribution < 1.29 is 5.11 Å². The summed E-state index contributed by atoms with van der Waals surface area (Å²) in [6.07, 6.45) is 7.74. The highest BCUT2D eigenvalue weighted by Gasteiger charge is 1.94. The highest BCUT2D eigenvalue weighted by Crippen LogP contribution is 2.10. The van der Waals surface area contributed by atoms with Crippen molar-refractivity contribution in [2.45, 2.75) is 19.8 Å². The molecule has 14 heavy (non-hydrogen) atoms. The fourth-order valence-electron chi connectivity index (χ4n) is 1.08. The van der Waals surface area contributed by atoms with E-state index in [1.54, 1.807) is 4.99 Å². The van der Waals surface area contributed by atoms with Crippen LogP contribution in [-0.2, 0) is 0 Å². The molecule has 0 amide bonds. The van der Waals surface area contributed by atoms with Crippen LogP contribution in [0.3, 0.4) is 0 Å². The second-order valence-electron chi connectivity index (χ2n) is 2.91. The summed E-state index contributed by atoms with van der Waals surface area (Å²) in [6.45, 7) is 2.76. The van der Waals surface area contributed by atoms with Gasteiger partial charge >= 0.3 is 0 Å². The normalized spacial score (nSPS) is 14.0. The van der Waals surface area contributed by atoms with Gasteiger partial charge in [0.05, 0.1) is 0 Å². The van der Waals surface area contributed by atoms with Crippen molar-refractivity contribution in [3.63, 3.8) is 0 Å². The van der Waals surface area contributed by atoms with Gasteiger partial charge in [0.15, 0.2) is 0 Å². The van der Waals surface area contributed by atoms with E-state index in [1.807, 2.05) is 19.1 Å². The van der Waals surface area contributed by atoms with Crippen molar-refractivity contribution in [3.8, 4) is 0 Å². The Morgan fingerprint density at radius 3 is 2.57 bits per heavy atom. The molecule has 0 saturated carbocycles. The molecule has 0 aromatic heterocycles. The average Bonchev–Trinajstić information content (AvgIpc) is 2.22. The molecule has 0 spiro atoms. The van der Waals surface area contributed by atoms with Crippen molar-refractivity contribution in [2.75, 3.05) is 13.2 Å². The van der Waals surface area contributed by atoms with Gasteiger partial charge in [-0.1, -0.05) is 39.7 Å². The van der Waals surface area contributed by atoms with Gasteiger partial charge < -0.3 is 10.8 Å². The van der Waals surface area contributed by atoms with Crippen LogP contribution in [0.5, 0.6) is 0 Å². The number of nitrogens with two attached hydrogens (primary N) is 1. The fraction of sp³-hybridized carbons (Fsp3) is 0.455. The molecule has 3 N–H and O–H groups in total. The van der Waals surface area contributed by atoms with Crippen LogP contribution >= 0.6 is 15.9 Å². The minimum absolute atomic E-state index is 0.234. The number of aliphatic hydroxyl groups excluding tert-OH is 1. The minimum atomic E-state index is 0.234. The predicted octanol–water partition coefficient (Wildman–Crippen LogP) is 2.50. The molecular formula is C11H18BrNO. The largest absolute Gasteiger partial charge is 0.396 e. The first-order valence-corrected chi connectivity index (χ1v) is 5.63. The Morgan fingerprint density at radius 1 is 1.43 bits per heavy atom. The second kappa shape index (κ2) is 9.19. The summed E-state index contributed by atoms with van der Waals surface area (Å²) in [5.41, 5.74) is 7.86. The number of aliphatic hydroxyl groups is 1. The summed E-state index contributed by atoms with van der Waals surface area (Å²) < 4.78 is 0. The molecule has 0 aliphatic carbocycles. The van der Waals surface area contributed by atoms with Crippen LogP contribution < -0.4 is 5.73 Å². The molecule has 0 fully saturated rings. The number of hydrogen-bond donors (Lipinski definition) is 2. The van der Waals surface area contributed by atoms with Gasteiger partial charge in [0.25, 0.3) is 0 Å². The number of rotatable bonds is 6. The molecule has 0 saturated heterocycles. The zero-order chi connectivity index (χ0) is 10.8. The van der Waals surface area contributed by atoms with E-state index in [-0.39, 0.29) is 6.61 Å². The summed E-state index contributed by atoms with van der Waals surface area (Å²) in [5.74, 6) is 0. The molecule has 2 nitrogen and oxygen atoms in total. The summed E-state index contributed by atoms with van der Waals surface area (Å²) in [5, 5.41) is 8.71. The topological polar surface area (TPSA) is 46.2 Å². The number of allylic oxidation sites excluding steroid dienone is 3. The molecule has 0 aliphatic heterocycles. The second-order valence-corrected chi connectivity index (χ2v) is 3.44. The Hall–Kier alpha value is -0.380. The van der Waals surface area contributed by atoms with Crippen LogP contribution in [-0.4, -0.2) is 18.3 Å². The SMILES string of the molecule is C/C=C(/C=C(\C=C\Br)CN)CCCO. The number of hydrogen-bond acceptors (Lipinski definition) is 2. The quantitative estimate of drug-likeness (QED) is 0.721. The van der Waals surface area contributed by atoms with Crippen LogP contribution in [0.2, 0.25) is 0 Å². The van der Waals surface area contributed by atoms with Gasteiger partial charge in [-0.05, 0) is 30.3 Å². The third kappa shape index (κ3) is 6.13. The van der Waals surface area contributed by atoms with Crippen molar-refractivity contribution in [2.24, 2.45) is 5.73 Å². The van der Waals surface area contributed by atoms with E-state index in [4.69, 9.17) is 10.8 Å². The van der Waals surface area contributed by atoms with Crippen LogP contribution in [0.15, 0.2) is 34.4 Å². The third-order valence-electron chi connectivity index (χ3n) is 1.88. The van der Waals surface area contributed by atoms with Crippen LogP contribution in [0.1, 0.15) is 19.8 Å². The van der Waals surface area contributed by atoms with Crippen molar-refractivity contribution in [1.29, 1.82) is 0 Å². The lowest BCUT2D eigenvalue weighted by molar-refractivity contribution is 0.289. The van der Waals surface area contributed by atoms with Gasteiger partial charge in [-0.3, -0.25) is 0 Å². The molecule has 0 bridgehead atoms. The zero-order valence-corrected chi connectivity index (χ0v) is 10.1. The molecule has 0 heterocycles. The summed E-state index contributed by atoms with van der Waals surface area (Å²) >= 11 is 3.22. The van der Waals surface area contributed by atoms with Crippen molar-refractivity contribution in [1.82, 2.24) is 0 Å². The molecule has 0 aromatic carbocycles. The lowest BCUT2D eigenvalue weighted by Gasteiger charge is -2.02.